The van der Waals surface area contributed by atoms with Crippen molar-refractivity contribution in [1.29, 1.82) is 0 Å². The smallest absolute Gasteiger partial charge is 0.335 e. The molecule has 0 aromatic heterocycles. The van der Waals surface area contributed by atoms with Gasteiger partial charge in [0, 0.05) is 5.69 Å². The van der Waals surface area contributed by atoms with Crippen molar-refractivity contribution in [3.05, 3.63) is 65.2 Å². The van der Waals surface area contributed by atoms with Crippen LogP contribution in [0.2, 0.25) is 0 Å². The summed E-state index contributed by atoms with van der Waals surface area (Å²) in [6.45, 7) is 0. The average molecular weight is 299 g/mol. The first-order valence-electron chi connectivity index (χ1n) is 6.41. The van der Waals surface area contributed by atoms with Gasteiger partial charge in [0.05, 0.1) is 17.5 Å². The summed E-state index contributed by atoms with van der Waals surface area (Å²) < 4.78 is 0. The fourth-order valence-electron chi connectivity index (χ4n) is 1.93. The lowest BCUT2D eigenvalue weighted by Crippen LogP contribution is -2.15. The van der Waals surface area contributed by atoms with E-state index in [-0.39, 0.29) is 29.1 Å². The van der Waals surface area contributed by atoms with E-state index < -0.39 is 11.9 Å². The highest BCUT2D eigenvalue weighted by Crippen LogP contribution is 2.16. The summed E-state index contributed by atoms with van der Waals surface area (Å²) in [5.41, 5.74) is 0.538. The zero-order valence-corrected chi connectivity index (χ0v) is 11.4. The van der Waals surface area contributed by atoms with Gasteiger partial charge in [0.1, 0.15) is 0 Å². The summed E-state index contributed by atoms with van der Waals surface area (Å²) in [6.07, 6.45) is 0.112. The van der Waals surface area contributed by atoms with E-state index >= 15 is 0 Å². The highest BCUT2D eigenvalue weighted by Gasteiger charge is 2.13. The number of aromatic carboxylic acids is 2. The first-order valence-corrected chi connectivity index (χ1v) is 6.41. The number of rotatable bonds is 5. The Balaban J connectivity index is 2.19. The molecular formula is C16H13NO5. The molecular weight excluding hydrogens is 286 g/mol. The molecule has 0 aliphatic heterocycles. The van der Waals surface area contributed by atoms with Crippen LogP contribution in [0.25, 0.3) is 0 Å². The fourth-order valence-corrected chi connectivity index (χ4v) is 1.93. The number of carbonyl (C=O) groups excluding carboxylic acids is 1. The van der Waals surface area contributed by atoms with Crippen LogP contribution in [0.4, 0.5) is 5.69 Å². The van der Waals surface area contributed by atoms with E-state index in [0.717, 1.165) is 11.6 Å². The summed E-state index contributed by atoms with van der Waals surface area (Å²) in [4.78, 5) is 33.9. The number of amides is 1. The van der Waals surface area contributed by atoms with Crippen LogP contribution in [-0.4, -0.2) is 28.1 Å². The van der Waals surface area contributed by atoms with E-state index in [2.05, 4.69) is 5.32 Å². The molecule has 0 aliphatic rings. The maximum atomic E-state index is 11.9. The molecule has 2 aromatic rings. The molecule has 0 atom stereocenters. The molecule has 0 spiro atoms. The Bertz CT molecular complexity index is 692. The first kappa shape index (κ1) is 15.2. The monoisotopic (exact) mass is 299 g/mol. The Hall–Kier alpha value is -3.15. The second kappa shape index (κ2) is 6.53. The number of carbonyl (C=O) groups is 3. The third-order valence-corrected chi connectivity index (χ3v) is 2.92. The molecule has 6 nitrogen and oxygen atoms in total. The summed E-state index contributed by atoms with van der Waals surface area (Å²) in [6, 6.07) is 12.5. The Kier molecular flexibility index (Phi) is 4.53. The average Bonchev–Trinajstić information content (AvgIpc) is 2.47. The molecule has 0 radical (unpaired) electrons. The van der Waals surface area contributed by atoms with Crippen LogP contribution in [0, 0.1) is 0 Å². The van der Waals surface area contributed by atoms with Gasteiger partial charge >= 0.3 is 11.9 Å². The number of carboxylic acids is 2. The van der Waals surface area contributed by atoms with Crippen molar-refractivity contribution in [2.75, 3.05) is 5.32 Å². The van der Waals surface area contributed by atoms with Gasteiger partial charge in [0.15, 0.2) is 0 Å². The lowest BCUT2D eigenvalue weighted by molar-refractivity contribution is -0.115. The van der Waals surface area contributed by atoms with Gasteiger partial charge in [-0.3, -0.25) is 4.79 Å². The van der Waals surface area contributed by atoms with Crippen LogP contribution < -0.4 is 5.32 Å². The van der Waals surface area contributed by atoms with Crippen molar-refractivity contribution in [2.24, 2.45) is 0 Å². The number of carboxylic acid groups (broad SMARTS) is 2. The Morgan fingerprint density at radius 3 is 1.91 bits per heavy atom. The van der Waals surface area contributed by atoms with E-state index in [4.69, 9.17) is 10.2 Å². The molecule has 0 fully saturated rings. The lowest BCUT2D eigenvalue weighted by Gasteiger charge is -2.08. The summed E-state index contributed by atoms with van der Waals surface area (Å²) >= 11 is 0. The van der Waals surface area contributed by atoms with Crippen molar-refractivity contribution in [3.8, 4) is 0 Å². The predicted octanol–water partition coefficient (Wildman–Crippen LogP) is 2.26. The van der Waals surface area contributed by atoms with Crippen molar-refractivity contribution < 1.29 is 24.6 Å². The molecule has 0 saturated heterocycles. The minimum Gasteiger partial charge on any atom is -0.478 e. The topological polar surface area (TPSA) is 104 Å². The molecule has 22 heavy (non-hydrogen) atoms. The van der Waals surface area contributed by atoms with Crippen LogP contribution in [-0.2, 0) is 11.2 Å². The standard InChI is InChI=1S/C16H13NO5/c18-14(6-10-4-2-1-3-5-10)17-13-8-11(15(19)20)7-12(9-13)16(21)22/h1-5,7-9H,6H2,(H,17,18)(H,19,20)(H,21,22). The van der Waals surface area contributed by atoms with Crippen molar-refractivity contribution in [1.82, 2.24) is 0 Å². The Morgan fingerprint density at radius 2 is 1.41 bits per heavy atom. The van der Waals surface area contributed by atoms with Gasteiger partial charge in [0.2, 0.25) is 5.91 Å². The van der Waals surface area contributed by atoms with Crippen molar-refractivity contribution in [3.63, 3.8) is 0 Å². The van der Waals surface area contributed by atoms with Gasteiger partial charge in [-0.25, -0.2) is 9.59 Å². The fraction of sp³-hybridized carbons (Fsp3) is 0.0625. The Morgan fingerprint density at radius 1 is 0.864 bits per heavy atom. The first-order chi connectivity index (χ1) is 10.5. The number of nitrogens with one attached hydrogen (secondary N) is 1. The third kappa shape index (κ3) is 3.92. The van der Waals surface area contributed by atoms with Crippen LogP contribution >= 0.6 is 0 Å². The SMILES string of the molecule is O=C(Cc1ccccc1)Nc1cc(C(=O)O)cc(C(=O)O)c1. The Labute approximate surface area is 126 Å². The van der Waals surface area contributed by atoms with E-state index in [9.17, 15) is 14.4 Å². The van der Waals surface area contributed by atoms with Gasteiger partial charge in [-0.2, -0.15) is 0 Å². The van der Waals surface area contributed by atoms with E-state index in [1.807, 2.05) is 6.07 Å². The van der Waals surface area contributed by atoms with Crippen LogP contribution in [0.3, 0.4) is 0 Å². The van der Waals surface area contributed by atoms with Gasteiger partial charge in [-0.1, -0.05) is 30.3 Å². The quantitative estimate of drug-likeness (QED) is 0.785. The highest BCUT2D eigenvalue weighted by molar-refractivity contribution is 5.98. The molecule has 0 unspecified atom stereocenters. The molecule has 0 heterocycles. The normalized spacial score (nSPS) is 10.0. The van der Waals surface area contributed by atoms with Gasteiger partial charge in [0.25, 0.3) is 0 Å². The third-order valence-electron chi connectivity index (χ3n) is 2.92. The maximum absolute atomic E-state index is 11.9. The van der Waals surface area contributed by atoms with Crippen molar-refractivity contribution in [2.45, 2.75) is 6.42 Å². The van der Waals surface area contributed by atoms with E-state index in [1.165, 1.54) is 12.1 Å². The highest BCUT2D eigenvalue weighted by atomic mass is 16.4. The summed E-state index contributed by atoms with van der Waals surface area (Å²) in [5, 5.41) is 20.5. The zero-order chi connectivity index (χ0) is 16.1. The summed E-state index contributed by atoms with van der Waals surface area (Å²) in [7, 11) is 0. The van der Waals surface area contributed by atoms with Crippen LogP contribution in [0.5, 0.6) is 0 Å². The van der Waals surface area contributed by atoms with Crippen LogP contribution in [0.1, 0.15) is 26.3 Å². The number of hydrogen-bond acceptors (Lipinski definition) is 3. The molecule has 1 amide bonds. The van der Waals surface area contributed by atoms with E-state index in [0.29, 0.717) is 0 Å². The molecule has 0 aliphatic carbocycles. The predicted molar refractivity (Wildman–Crippen MR) is 79.1 cm³/mol. The minimum absolute atomic E-state index is 0.112. The second-order valence-electron chi connectivity index (χ2n) is 4.62. The molecule has 2 aromatic carbocycles. The maximum Gasteiger partial charge on any atom is 0.335 e. The molecule has 2 rings (SSSR count). The van der Waals surface area contributed by atoms with Gasteiger partial charge in [-0.15, -0.1) is 0 Å². The number of hydrogen-bond donors (Lipinski definition) is 3. The van der Waals surface area contributed by atoms with Gasteiger partial charge in [-0.05, 0) is 23.8 Å². The minimum atomic E-state index is -1.26. The second-order valence-corrected chi connectivity index (χ2v) is 4.62. The van der Waals surface area contributed by atoms with Crippen molar-refractivity contribution >= 4 is 23.5 Å². The van der Waals surface area contributed by atoms with E-state index in [1.54, 1.807) is 24.3 Å². The number of anilines is 1. The zero-order valence-electron chi connectivity index (χ0n) is 11.4. The lowest BCUT2D eigenvalue weighted by atomic mass is 10.1. The summed E-state index contributed by atoms with van der Waals surface area (Å²) in [5.74, 6) is -2.88. The van der Waals surface area contributed by atoms with Crippen LogP contribution in [0.15, 0.2) is 48.5 Å². The molecule has 0 saturated carbocycles. The number of benzene rings is 2. The molecule has 112 valence electrons. The molecule has 0 bridgehead atoms. The molecule has 6 heteroatoms. The largest absolute Gasteiger partial charge is 0.478 e. The van der Waals surface area contributed by atoms with Gasteiger partial charge < -0.3 is 15.5 Å². The molecule has 3 N–H and O–H groups in total.